The quantitative estimate of drug-likeness (QED) is 0.313. The predicted molar refractivity (Wildman–Crippen MR) is 212 cm³/mol. The Morgan fingerprint density at radius 2 is 1.04 bits per heavy atom. The van der Waals surface area contributed by atoms with Crippen molar-refractivity contribution in [2.24, 2.45) is 11.8 Å². The summed E-state index contributed by atoms with van der Waals surface area (Å²) in [5, 5.41) is 28.6. The third kappa shape index (κ3) is 8.64. The van der Waals surface area contributed by atoms with Gasteiger partial charge in [0.15, 0.2) is 35.8 Å². The molecule has 4 amide bonds. The molecule has 2 unspecified atom stereocenters. The predicted octanol–water partition coefficient (Wildman–Crippen LogP) is 3.57. The van der Waals surface area contributed by atoms with E-state index in [1.54, 1.807) is 0 Å². The minimum atomic E-state index is -0.690. The second kappa shape index (κ2) is 18.1. The van der Waals surface area contributed by atoms with Crippen LogP contribution in [0.4, 0.5) is 22.7 Å². The lowest BCUT2D eigenvalue weighted by molar-refractivity contribution is -0.385. The van der Waals surface area contributed by atoms with Crippen LogP contribution in [-0.2, 0) is 9.59 Å². The van der Waals surface area contributed by atoms with Crippen LogP contribution in [0.3, 0.4) is 0 Å². The van der Waals surface area contributed by atoms with Crippen molar-refractivity contribution in [1.29, 1.82) is 0 Å². The maximum atomic E-state index is 13.0. The number of hydrogen-bond donors (Lipinski definition) is 2. The number of nitro groups is 2. The number of hydrogen-bond acceptors (Lipinski definition) is 12. The molecule has 57 heavy (non-hydrogen) atoms. The second-order valence-corrected chi connectivity index (χ2v) is 15.1. The highest BCUT2D eigenvalue weighted by atomic mass is 35.5. The van der Waals surface area contributed by atoms with E-state index in [1.807, 2.05) is 0 Å². The van der Waals surface area contributed by atoms with E-state index in [9.17, 15) is 39.4 Å². The molecule has 6 fully saturated rings. The van der Waals surface area contributed by atoms with Gasteiger partial charge in [-0.15, -0.1) is 24.8 Å². The third-order valence-electron chi connectivity index (χ3n) is 11.2. The maximum absolute atomic E-state index is 13.0. The fourth-order valence-electron chi connectivity index (χ4n) is 8.19. The number of nitro benzene ring substituents is 2. The van der Waals surface area contributed by atoms with Crippen molar-refractivity contribution in [3.8, 4) is 11.5 Å². The number of carbonyl (C=O) groups is 4. The minimum Gasteiger partial charge on any atom is -0.480 e. The summed E-state index contributed by atoms with van der Waals surface area (Å²) < 4.78 is 10.9. The number of nitrogens with zero attached hydrogens (tertiary/aromatic N) is 6. The van der Waals surface area contributed by atoms with Crippen molar-refractivity contribution in [1.82, 2.24) is 20.4 Å². The lowest BCUT2D eigenvalue weighted by Gasteiger charge is -2.45. The van der Waals surface area contributed by atoms with E-state index < -0.39 is 33.0 Å². The van der Waals surface area contributed by atoms with Gasteiger partial charge in [0, 0.05) is 40.3 Å². The van der Waals surface area contributed by atoms with Crippen molar-refractivity contribution in [2.75, 3.05) is 63.3 Å². The second-order valence-electron chi connectivity index (χ2n) is 14.3. The van der Waals surface area contributed by atoms with Gasteiger partial charge in [-0.1, -0.05) is 23.2 Å². The molecule has 4 N–H and O–H groups in total. The van der Waals surface area contributed by atoms with Crippen molar-refractivity contribution in [3.63, 3.8) is 0 Å². The smallest absolute Gasteiger partial charge is 0.304 e. The average Bonchev–Trinajstić information content (AvgIpc) is 3.15. The summed E-state index contributed by atoms with van der Waals surface area (Å²) in [6.07, 6.45) is 5.74. The molecule has 8 heterocycles. The van der Waals surface area contributed by atoms with Crippen LogP contribution in [0.1, 0.15) is 59.2 Å². The largest absolute Gasteiger partial charge is 0.480 e. The summed E-state index contributed by atoms with van der Waals surface area (Å²) in [4.78, 5) is 78.6. The van der Waals surface area contributed by atoms with Crippen LogP contribution in [0, 0.1) is 32.1 Å². The van der Waals surface area contributed by atoms with Crippen LogP contribution in [-0.4, -0.2) is 115 Å². The first kappa shape index (κ1) is 45.5. The van der Waals surface area contributed by atoms with Crippen LogP contribution < -0.4 is 29.9 Å². The summed E-state index contributed by atoms with van der Waals surface area (Å²) in [5.74, 6) is -0.721. The molecule has 0 aliphatic carbocycles. The first-order chi connectivity index (χ1) is 25.7. The Morgan fingerprint density at radius 3 is 1.32 bits per heavy atom. The molecule has 8 aliphatic rings. The third-order valence-corrected chi connectivity index (χ3v) is 11.8. The Balaban J connectivity index is 0.000000240. The number of rotatable bonds is 6. The average molecular weight is 881 g/mol. The fraction of sp³-hybridized carbons (Fsp3) is 0.529. The zero-order chi connectivity index (χ0) is 38.6. The standard InChI is InChI=1S/2C17H19ClN4O5.2ClH.H2O/c2*1-20-11-7-10(18)15(22(25)26)14(16(11)27-8-13(20)23)17(24)19-12-6-9-2-4-21(12)5-3-9;;;/h2*7,9,12H,2-6,8H2,1H3,(H,19,24);2*1H;1H2. The molecule has 312 valence electrons. The Morgan fingerprint density at radius 1 is 0.702 bits per heavy atom. The van der Waals surface area contributed by atoms with E-state index in [1.165, 1.54) is 36.0 Å². The monoisotopic (exact) mass is 878 g/mol. The lowest BCUT2D eigenvalue weighted by atomic mass is 9.86. The van der Waals surface area contributed by atoms with Crippen LogP contribution >= 0.6 is 48.0 Å². The van der Waals surface area contributed by atoms with E-state index in [0.29, 0.717) is 11.8 Å². The highest BCUT2D eigenvalue weighted by Crippen LogP contribution is 2.46. The molecule has 2 atom stereocenters. The van der Waals surface area contributed by atoms with Crippen LogP contribution in [0.15, 0.2) is 12.1 Å². The van der Waals surface area contributed by atoms with Gasteiger partial charge in [0.25, 0.3) is 23.6 Å². The molecule has 23 heteroatoms. The summed E-state index contributed by atoms with van der Waals surface area (Å²) in [6.45, 7) is 3.02. The molecule has 19 nitrogen and oxygen atoms in total. The normalized spacial score (nSPS) is 25.0. The Bertz CT molecular complexity index is 1820. The fourth-order valence-corrected chi connectivity index (χ4v) is 8.73. The Kier molecular flexibility index (Phi) is 14.5. The van der Waals surface area contributed by atoms with Gasteiger partial charge in [0.2, 0.25) is 0 Å². The van der Waals surface area contributed by atoms with Gasteiger partial charge in [-0.2, -0.15) is 0 Å². The van der Waals surface area contributed by atoms with E-state index in [4.69, 9.17) is 32.7 Å². The molecule has 2 aromatic rings. The summed E-state index contributed by atoms with van der Waals surface area (Å²) in [7, 11) is 3.03. The van der Waals surface area contributed by atoms with Gasteiger partial charge in [-0.3, -0.25) is 49.2 Å². The van der Waals surface area contributed by atoms with E-state index in [2.05, 4.69) is 20.4 Å². The van der Waals surface area contributed by atoms with Gasteiger partial charge in [-0.25, -0.2) is 0 Å². The Labute approximate surface area is 348 Å². The van der Waals surface area contributed by atoms with E-state index in [-0.39, 0.29) is 112 Å². The molecule has 0 spiro atoms. The molecule has 0 radical (unpaired) electrons. The highest BCUT2D eigenvalue weighted by Gasteiger charge is 2.41. The summed E-state index contributed by atoms with van der Waals surface area (Å²) >= 11 is 12.2. The maximum Gasteiger partial charge on any atom is 0.304 e. The molecular formula is C34H42Cl4N8O11. The topological polar surface area (TPSA) is 242 Å². The number of nitrogens with one attached hydrogen (secondary N) is 2. The molecule has 10 rings (SSSR count). The molecule has 6 saturated heterocycles. The number of likely N-dealkylation sites (N-methyl/N-ethyl adjacent to an activating group) is 2. The highest BCUT2D eigenvalue weighted by molar-refractivity contribution is 6.35. The number of halogens is 4. The van der Waals surface area contributed by atoms with Crippen LogP contribution in [0.5, 0.6) is 11.5 Å². The van der Waals surface area contributed by atoms with Crippen molar-refractivity contribution in [3.05, 3.63) is 53.5 Å². The van der Waals surface area contributed by atoms with Gasteiger partial charge in [-0.05, 0) is 62.5 Å². The molecule has 2 aromatic carbocycles. The van der Waals surface area contributed by atoms with E-state index in [0.717, 1.165) is 64.7 Å². The van der Waals surface area contributed by atoms with E-state index >= 15 is 0 Å². The van der Waals surface area contributed by atoms with Crippen LogP contribution in [0.2, 0.25) is 10.0 Å². The minimum absolute atomic E-state index is 0. The number of ether oxygens (including phenoxy) is 2. The Hall–Kier alpha value is -4.24. The van der Waals surface area contributed by atoms with Crippen LogP contribution in [0.25, 0.3) is 0 Å². The van der Waals surface area contributed by atoms with Gasteiger partial charge in [0.05, 0.1) is 33.6 Å². The number of carbonyl (C=O) groups excluding carboxylic acids is 4. The number of piperidine rings is 6. The first-order valence-corrected chi connectivity index (χ1v) is 18.4. The number of anilines is 2. The summed E-state index contributed by atoms with van der Waals surface area (Å²) in [5.41, 5.74) is -0.984. The molecule has 0 saturated carbocycles. The van der Waals surface area contributed by atoms with Crippen molar-refractivity contribution in [2.45, 2.75) is 50.9 Å². The first-order valence-electron chi connectivity index (χ1n) is 17.6. The zero-order valence-electron chi connectivity index (χ0n) is 30.8. The van der Waals surface area contributed by atoms with Crippen molar-refractivity contribution < 1.29 is 44.0 Å². The van der Waals surface area contributed by atoms with Crippen molar-refractivity contribution >= 4 is 94.4 Å². The number of amides is 4. The summed E-state index contributed by atoms with van der Waals surface area (Å²) in [6, 6.07) is 2.57. The SMILES string of the molecule is CN1C(=O)COc2c1cc(Cl)c([N+](=O)[O-])c2C(=O)NC1CC2CCN1CC2.CN1C(=O)COc2c1cc(Cl)c([N+](=O)[O-])c2C(=O)NC1CC2CCN1CC2.Cl.Cl.O. The molecule has 8 aliphatic heterocycles. The number of benzene rings is 2. The van der Waals surface area contributed by atoms with Gasteiger partial charge in [0.1, 0.15) is 10.0 Å². The molecular weight excluding hydrogens is 838 g/mol. The lowest BCUT2D eigenvalue weighted by Crippen LogP contribution is -2.56. The molecule has 0 aromatic heterocycles. The molecule has 4 bridgehead atoms. The number of fused-ring (bicyclic) bond motifs is 8. The van der Waals surface area contributed by atoms with Gasteiger partial charge < -0.3 is 35.4 Å². The van der Waals surface area contributed by atoms with Gasteiger partial charge >= 0.3 is 11.4 Å². The zero-order valence-corrected chi connectivity index (χ0v) is 33.9.